The van der Waals surface area contributed by atoms with Gasteiger partial charge in [-0.2, -0.15) is 0 Å². The van der Waals surface area contributed by atoms with Crippen molar-refractivity contribution in [3.8, 4) is 5.75 Å². The number of carbonyl (C=O) groups excluding carboxylic acids is 1. The normalized spacial score (nSPS) is 32.0. The molecular weight excluding hydrogens is 226 g/mol. The standard InChI is InChI=1S/C15H19NO2/c17-12-3-1-2-11(9-12)15-14-5-4-13(18)8-10(14)6-7-16-15/h1-3,9-10,14-17H,4-8H2. The first-order chi connectivity index (χ1) is 8.74. The van der Waals surface area contributed by atoms with Crippen LogP contribution in [0.2, 0.25) is 0 Å². The lowest BCUT2D eigenvalue weighted by atomic mass is 9.69. The zero-order valence-corrected chi connectivity index (χ0v) is 10.4. The quantitative estimate of drug-likeness (QED) is 0.799. The molecule has 96 valence electrons. The number of piperidine rings is 1. The van der Waals surface area contributed by atoms with E-state index in [1.165, 1.54) is 0 Å². The predicted molar refractivity (Wildman–Crippen MR) is 69.3 cm³/mol. The Morgan fingerprint density at radius 3 is 3.00 bits per heavy atom. The van der Waals surface area contributed by atoms with Gasteiger partial charge in [0, 0.05) is 18.9 Å². The molecular formula is C15H19NO2. The van der Waals surface area contributed by atoms with Gasteiger partial charge in [-0.25, -0.2) is 0 Å². The molecule has 18 heavy (non-hydrogen) atoms. The fourth-order valence-electron chi connectivity index (χ4n) is 3.52. The van der Waals surface area contributed by atoms with Gasteiger partial charge in [-0.3, -0.25) is 4.79 Å². The molecule has 1 aromatic rings. The smallest absolute Gasteiger partial charge is 0.133 e. The molecule has 1 aliphatic carbocycles. The van der Waals surface area contributed by atoms with Crippen LogP contribution in [0.15, 0.2) is 24.3 Å². The molecule has 0 aromatic heterocycles. The van der Waals surface area contributed by atoms with Crippen LogP contribution in [0.3, 0.4) is 0 Å². The van der Waals surface area contributed by atoms with Crippen LogP contribution < -0.4 is 5.32 Å². The van der Waals surface area contributed by atoms with Gasteiger partial charge < -0.3 is 10.4 Å². The summed E-state index contributed by atoms with van der Waals surface area (Å²) in [5.74, 6) is 1.81. The lowest BCUT2D eigenvalue weighted by Gasteiger charge is -2.41. The number of phenols is 1. The van der Waals surface area contributed by atoms with E-state index in [2.05, 4.69) is 11.4 Å². The van der Waals surface area contributed by atoms with Gasteiger partial charge in [0.1, 0.15) is 11.5 Å². The largest absolute Gasteiger partial charge is 0.508 e. The highest BCUT2D eigenvalue weighted by Gasteiger charge is 2.37. The number of benzene rings is 1. The molecule has 3 nitrogen and oxygen atoms in total. The van der Waals surface area contributed by atoms with Gasteiger partial charge in [0.2, 0.25) is 0 Å². The lowest BCUT2D eigenvalue weighted by Crippen LogP contribution is -2.42. The summed E-state index contributed by atoms with van der Waals surface area (Å²) in [5, 5.41) is 13.2. The van der Waals surface area contributed by atoms with Crippen molar-refractivity contribution in [3.05, 3.63) is 29.8 Å². The monoisotopic (exact) mass is 245 g/mol. The van der Waals surface area contributed by atoms with Crippen molar-refractivity contribution < 1.29 is 9.90 Å². The lowest BCUT2D eigenvalue weighted by molar-refractivity contribution is -0.123. The van der Waals surface area contributed by atoms with E-state index in [1.54, 1.807) is 6.07 Å². The molecule has 1 heterocycles. The number of hydrogen-bond donors (Lipinski definition) is 2. The molecule has 2 N–H and O–H groups in total. The van der Waals surface area contributed by atoms with Crippen LogP contribution in [0, 0.1) is 11.8 Å². The molecule has 3 rings (SSSR count). The Kier molecular flexibility index (Phi) is 3.08. The second-order valence-corrected chi connectivity index (χ2v) is 5.52. The zero-order valence-electron chi connectivity index (χ0n) is 10.4. The fraction of sp³-hybridized carbons (Fsp3) is 0.533. The first-order valence-electron chi connectivity index (χ1n) is 6.78. The van der Waals surface area contributed by atoms with Crippen LogP contribution in [0.25, 0.3) is 0 Å². The topological polar surface area (TPSA) is 49.3 Å². The molecule has 0 bridgehead atoms. The molecule has 1 aliphatic heterocycles. The number of Topliss-reactive ketones (excluding diaryl/α,β-unsaturated/α-hetero) is 1. The molecule has 3 heteroatoms. The van der Waals surface area contributed by atoms with Crippen molar-refractivity contribution in [2.75, 3.05) is 6.54 Å². The van der Waals surface area contributed by atoms with Gasteiger partial charge in [-0.05, 0) is 48.9 Å². The molecule has 1 saturated heterocycles. The highest BCUT2D eigenvalue weighted by atomic mass is 16.3. The summed E-state index contributed by atoms with van der Waals surface area (Å²) in [6.07, 6.45) is 3.56. The van der Waals surface area contributed by atoms with Gasteiger partial charge >= 0.3 is 0 Å². The Balaban J connectivity index is 1.85. The number of rotatable bonds is 1. The second kappa shape index (κ2) is 4.73. The highest BCUT2D eigenvalue weighted by molar-refractivity contribution is 5.79. The predicted octanol–water partition coefficient (Wildman–Crippen LogP) is 2.41. The number of ketones is 1. The molecule has 0 spiro atoms. The third-order valence-electron chi connectivity index (χ3n) is 4.39. The van der Waals surface area contributed by atoms with Crippen molar-refractivity contribution in [2.45, 2.75) is 31.7 Å². The fourth-order valence-corrected chi connectivity index (χ4v) is 3.52. The number of carbonyl (C=O) groups is 1. The van der Waals surface area contributed by atoms with Gasteiger partial charge in [-0.1, -0.05) is 12.1 Å². The van der Waals surface area contributed by atoms with Crippen molar-refractivity contribution >= 4 is 5.78 Å². The number of hydrogen-bond acceptors (Lipinski definition) is 3. The van der Waals surface area contributed by atoms with E-state index in [-0.39, 0.29) is 0 Å². The average Bonchev–Trinajstić information content (AvgIpc) is 2.37. The van der Waals surface area contributed by atoms with Gasteiger partial charge in [-0.15, -0.1) is 0 Å². The van der Waals surface area contributed by atoms with E-state index < -0.39 is 0 Å². The summed E-state index contributed by atoms with van der Waals surface area (Å²) in [5.41, 5.74) is 1.15. The van der Waals surface area contributed by atoms with E-state index in [0.29, 0.717) is 29.4 Å². The Hall–Kier alpha value is -1.35. The van der Waals surface area contributed by atoms with E-state index in [1.807, 2.05) is 12.1 Å². The van der Waals surface area contributed by atoms with Crippen LogP contribution in [-0.4, -0.2) is 17.4 Å². The van der Waals surface area contributed by atoms with Crippen molar-refractivity contribution in [1.82, 2.24) is 5.32 Å². The van der Waals surface area contributed by atoms with Gasteiger partial charge in [0.25, 0.3) is 0 Å². The molecule has 3 atom stereocenters. The van der Waals surface area contributed by atoms with Crippen molar-refractivity contribution in [3.63, 3.8) is 0 Å². The van der Waals surface area contributed by atoms with Gasteiger partial charge in [0.05, 0.1) is 0 Å². The van der Waals surface area contributed by atoms with E-state index >= 15 is 0 Å². The van der Waals surface area contributed by atoms with Crippen LogP contribution in [0.4, 0.5) is 0 Å². The summed E-state index contributed by atoms with van der Waals surface area (Å²) < 4.78 is 0. The Labute approximate surface area is 107 Å². The minimum absolute atomic E-state index is 0.295. The maximum Gasteiger partial charge on any atom is 0.133 e. The first kappa shape index (κ1) is 11.7. The minimum Gasteiger partial charge on any atom is -0.508 e. The number of fused-ring (bicyclic) bond motifs is 1. The second-order valence-electron chi connectivity index (χ2n) is 5.52. The number of nitrogens with one attached hydrogen (secondary N) is 1. The van der Waals surface area contributed by atoms with E-state index in [9.17, 15) is 9.90 Å². The molecule has 0 amide bonds. The summed E-state index contributed by atoms with van der Waals surface area (Å²) in [6.45, 7) is 0.967. The Bertz CT molecular complexity index is 458. The molecule has 1 aromatic carbocycles. The van der Waals surface area contributed by atoms with Crippen LogP contribution in [0.5, 0.6) is 5.75 Å². The maximum absolute atomic E-state index is 11.6. The third-order valence-corrected chi connectivity index (χ3v) is 4.39. The molecule has 0 radical (unpaired) electrons. The SMILES string of the molecule is O=C1CCC2C(CCNC2c2cccc(O)c2)C1. The summed E-state index contributed by atoms with van der Waals surface area (Å²) in [6, 6.07) is 7.80. The summed E-state index contributed by atoms with van der Waals surface area (Å²) in [4.78, 5) is 11.6. The molecule has 3 unspecified atom stereocenters. The van der Waals surface area contributed by atoms with E-state index in [0.717, 1.165) is 37.8 Å². The van der Waals surface area contributed by atoms with E-state index in [4.69, 9.17) is 0 Å². The number of phenolic OH excluding ortho intramolecular Hbond substituents is 1. The first-order valence-corrected chi connectivity index (χ1v) is 6.78. The zero-order chi connectivity index (χ0) is 12.5. The van der Waals surface area contributed by atoms with Crippen molar-refractivity contribution in [2.24, 2.45) is 11.8 Å². The number of aromatic hydroxyl groups is 1. The summed E-state index contributed by atoms with van der Waals surface area (Å²) in [7, 11) is 0. The third kappa shape index (κ3) is 2.15. The Morgan fingerprint density at radius 1 is 1.28 bits per heavy atom. The Morgan fingerprint density at radius 2 is 2.17 bits per heavy atom. The maximum atomic E-state index is 11.6. The van der Waals surface area contributed by atoms with Crippen LogP contribution in [0.1, 0.15) is 37.3 Å². The summed E-state index contributed by atoms with van der Waals surface area (Å²) >= 11 is 0. The molecule has 2 aliphatic rings. The van der Waals surface area contributed by atoms with Crippen LogP contribution >= 0.6 is 0 Å². The highest BCUT2D eigenvalue weighted by Crippen LogP contribution is 2.42. The minimum atomic E-state index is 0.295. The van der Waals surface area contributed by atoms with Crippen LogP contribution in [-0.2, 0) is 4.79 Å². The molecule has 1 saturated carbocycles. The van der Waals surface area contributed by atoms with Gasteiger partial charge in [0.15, 0.2) is 0 Å². The van der Waals surface area contributed by atoms with Crippen molar-refractivity contribution in [1.29, 1.82) is 0 Å². The molecule has 2 fully saturated rings. The average molecular weight is 245 g/mol.